The molecule has 3 aromatic rings. The zero-order chi connectivity index (χ0) is 17.3. The van der Waals surface area contributed by atoms with Crippen LogP contribution in [-0.2, 0) is 0 Å². The second kappa shape index (κ2) is 6.23. The minimum absolute atomic E-state index is 0.00399. The van der Waals surface area contributed by atoms with Crippen molar-refractivity contribution in [3.63, 3.8) is 0 Å². The van der Waals surface area contributed by atoms with Crippen molar-refractivity contribution in [3.8, 4) is 5.75 Å². The summed E-state index contributed by atoms with van der Waals surface area (Å²) >= 11 is 0. The van der Waals surface area contributed by atoms with Crippen LogP contribution in [0.5, 0.6) is 5.75 Å². The molecule has 0 spiro atoms. The summed E-state index contributed by atoms with van der Waals surface area (Å²) in [6.07, 6.45) is 1.36. The maximum atomic E-state index is 13.8. The van der Waals surface area contributed by atoms with E-state index in [0.29, 0.717) is 11.3 Å². The Labute approximate surface area is 137 Å². The van der Waals surface area contributed by atoms with Crippen molar-refractivity contribution in [1.29, 1.82) is 0 Å². The summed E-state index contributed by atoms with van der Waals surface area (Å²) in [5.41, 5.74) is 1.55. The normalized spacial score (nSPS) is 10.7. The van der Waals surface area contributed by atoms with Crippen molar-refractivity contribution in [2.75, 3.05) is 12.4 Å². The van der Waals surface area contributed by atoms with Gasteiger partial charge in [-0.3, -0.25) is 9.78 Å². The quantitative estimate of drug-likeness (QED) is 0.788. The number of nitrogens with one attached hydrogen (secondary N) is 1. The van der Waals surface area contributed by atoms with Gasteiger partial charge in [0.25, 0.3) is 5.91 Å². The lowest BCUT2D eigenvalue weighted by molar-refractivity contribution is 0.102. The highest BCUT2D eigenvalue weighted by Crippen LogP contribution is 2.26. The summed E-state index contributed by atoms with van der Waals surface area (Å²) < 4.78 is 32.5. The molecule has 1 aromatic heterocycles. The molecule has 1 heterocycles. The SMILES string of the molecule is COc1cc(C(=O)Nc2ccnc3c(F)cc(F)cc23)ccc1C. The van der Waals surface area contributed by atoms with Crippen LogP contribution in [0.3, 0.4) is 0 Å². The largest absolute Gasteiger partial charge is 0.496 e. The third kappa shape index (κ3) is 2.90. The molecule has 4 nitrogen and oxygen atoms in total. The number of carbonyl (C=O) groups is 1. The predicted molar refractivity (Wildman–Crippen MR) is 87.3 cm³/mol. The Bertz CT molecular complexity index is 942. The molecule has 122 valence electrons. The lowest BCUT2D eigenvalue weighted by Gasteiger charge is -2.11. The Morgan fingerprint density at radius 3 is 2.71 bits per heavy atom. The Balaban J connectivity index is 1.99. The van der Waals surface area contributed by atoms with Crippen LogP contribution in [0.25, 0.3) is 10.9 Å². The molecule has 0 aliphatic heterocycles. The first kappa shape index (κ1) is 15.9. The van der Waals surface area contributed by atoms with Crippen molar-refractivity contribution in [1.82, 2.24) is 4.98 Å². The zero-order valence-corrected chi connectivity index (χ0v) is 13.1. The fraction of sp³-hybridized carbons (Fsp3) is 0.111. The van der Waals surface area contributed by atoms with E-state index in [9.17, 15) is 13.6 Å². The van der Waals surface area contributed by atoms with Crippen molar-refractivity contribution in [3.05, 3.63) is 65.4 Å². The average Bonchev–Trinajstić information content (AvgIpc) is 2.56. The molecule has 0 saturated carbocycles. The number of aromatic nitrogens is 1. The number of benzene rings is 2. The van der Waals surface area contributed by atoms with Crippen LogP contribution in [0.4, 0.5) is 14.5 Å². The average molecular weight is 328 g/mol. The Morgan fingerprint density at radius 1 is 1.17 bits per heavy atom. The maximum Gasteiger partial charge on any atom is 0.255 e. The third-order valence-corrected chi connectivity index (χ3v) is 3.68. The number of rotatable bonds is 3. The standard InChI is InChI=1S/C18H14F2N2O2/c1-10-3-4-11(7-16(10)24-2)18(23)22-15-5-6-21-17-13(15)8-12(19)9-14(17)20/h3-9H,1-2H3,(H,21,22,23). The van der Waals surface area contributed by atoms with Gasteiger partial charge in [-0.2, -0.15) is 0 Å². The van der Waals surface area contributed by atoms with Gasteiger partial charge >= 0.3 is 0 Å². The lowest BCUT2D eigenvalue weighted by atomic mass is 10.1. The van der Waals surface area contributed by atoms with Crippen LogP contribution in [0.1, 0.15) is 15.9 Å². The number of hydrogen-bond donors (Lipinski definition) is 1. The van der Waals surface area contributed by atoms with Gasteiger partial charge < -0.3 is 10.1 Å². The number of nitrogens with zero attached hydrogens (tertiary/aromatic N) is 1. The Kier molecular flexibility index (Phi) is 4.12. The molecular formula is C18H14F2N2O2. The van der Waals surface area contributed by atoms with E-state index < -0.39 is 17.5 Å². The number of halogens is 2. The van der Waals surface area contributed by atoms with Crippen molar-refractivity contribution in [2.45, 2.75) is 6.92 Å². The molecule has 2 aromatic carbocycles. The second-order valence-electron chi connectivity index (χ2n) is 5.28. The van der Waals surface area contributed by atoms with E-state index in [0.717, 1.165) is 17.7 Å². The summed E-state index contributed by atoms with van der Waals surface area (Å²) in [4.78, 5) is 16.3. The Morgan fingerprint density at radius 2 is 1.96 bits per heavy atom. The minimum Gasteiger partial charge on any atom is -0.496 e. The molecule has 0 radical (unpaired) electrons. The summed E-state index contributed by atoms with van der Waals surface area (Å²) in [6, 6.07) is 8.40. The number of pyridine rings is 1. The number of ether oxygens (including phenoxy) is 1. The van der Waals surface area contributed by atoms with Crippen molar-refractivity contribution < 1.29 is 18.3 Å². The molecule has 0 atom stereocenters. The maximum absolute atomic E-state index is 13.8. The fourth-order valence-electron chi connectivity index (χ4n) is 2.44. The summed E-state index contributed by atoms with van der Waals surface area (Å²) in [5, 5.41) is 2.86. The van der Waals surface area contributed by atoms with Gasteiger partial charge in [0.15, 0.2) is 5.82 Å². The lowest BCUT2D eigenvalue weighted by Crippen LogP contribution is -2.12. The highest BCUT2D eigenvalue weighted by Gasteiger charge is 2.13. The first-order chi connectivity index (χ1) is 11.5. The number of carbonyl (C=O) groups excluding carboxylic acids is 1. The molecule has 6 heteroatoms. The number of amides is 1. The molecule has 0 saturated heterocycles. The van der Waals surface area contributed by atoms with Gasteiger partial charge in [0.2, 0.25) is 0 Å². The molecule has 0 aliphatic carbocycles. The van der Waals surface area contributed by atoms with Gasteiger partial charge in [-0.15, -0.1) is 0 Å². The zero-order valence-electron chi connectivity index (χ0n) is 13.1. The minimum atomic E-state index is -0.780. The number of methoxy groups -OCH3 is 1. The smallest absolute Gasteiger partial charge is 0.255 e. The van der Waals surface area contributed by atoms with E-state index in [1.807, 2.05) is 6.92 Å². The molecule has 0 fully saturated rings. The van der Waals surface area contributed by atoms with E-state index in [1.165, 1.54) is 19.4 Å². The molecule has 3 rings (SSSR count). The number of aryl methyl sites for hydroxylation is 1. The van der Waals surface area contributed by atoms with Gasteiger partial charge in [0.05, 0.1) is 12.8 Å². The molecule has 1 N–H and O–H groups in total. The summed E-state index contributed by atoms with van der Waals surface area (Å²) in [7, 11) is 1.52. The van der Waals surface area contributed by atoms with Gasteiger partial charge in [0.1, 0.15) is 17.1 Å². The van der Waals surface area contributed by atoms with E-state index >= 15 is 0 Å². The van der Waals surface area contributed by atoms with Crippen molar-refractivity contribution >= 4 is 22.5 Å². The summed E-state index contributed by atoms with van der Waals surface area (Å²) in [6.45, 7) is 1.86. The molecule has 0 aliphatic rings. The van der Waals surface area contributed by atoms with Gasteiger partial charge in [-0.25, -0.2) is 8.78 Å². The number of anilines is 1. The number of hydrogen-bond acceptors (Lipinski definition) is 3. The predicted octanol–water partition coefficient (Wildman–Crippen LogP) is 4.08. The van der Waals surface area contributed by atoms with Crippen LogP contribution in [0, 0.1) is 18.6 Å². The first-order valence-electron chi connectivity index (χ1n) is 7.19. The van der Waals surface area contributed by atoms with E-state index in [1.54, 1.807) is 18.2 Å². The monoisotopic (exact) mass is 328 g/mol. The van der Waals surface area contributed by atoms with Gasteiger partial charge in [-0.05, 0) is 36.8 Å². The summed E-state index contributed by atoms with van der Waals surface area (Å²) in [5.74, 6) is -1.34. The second-order valence-corrected chi connectivity index (χ2v) is 5.28. The van der Waals surface area contributed by atoms with Crippen LogP contribution in [-0.4, -0.2) is 18.0 Å². The number of fused-ring (bicyclic) bond motifs is 1. The van der Waals surface area contributed by atoms with Gasteiger partial charge in [0, 0.05) is 23.2 Å². The van der Waals surface area contributed by atoms with Crippen molar-refractivity contribution in [2.24, 2.45) is 0 Å². The van der Waals surface area contributed by atoms with E-state index in [2.05, 4.69) is 10.3 Å². The first-order valence-corrected chi connectivity index (χ1v) is 7.19. The highest BCUT2D eigenvalue weighted by molar-refractivity contribution is 6.08. The molecular weight excluding hydrogens is 314 g/mol. The van der Waals surface area contributed by atoms with Crippen LogP contribution < -0.4 is 10.1 Å². The van der Waals surface area contributed by atoms with E-state index in [-0.39, 0.29) is 16.6 Å². The molecule has 1 amide bonds. The van der Waals surface area contributed by atoms with Crippen LogP contribution in [0.15, 0.2) is 42.6 Å². The fourth-order valence-corrected chi connectivity index (χ4v) is 2.44. The third-order valence-electron chi connectivity index (χ3n) is 3.68. The van der Waals surface area contributed by atoms with Crippen LogP contribution >= 0.6 is 0 Å². The topological polar surface area (TPSA) is 51.2 Å². The molecule has 0 unspecified atom stereocenters. The highest BCUT2D eigenvalue weighted by atomic mass is 19.1. The van der Waals surface area contributed by atoms with Crippen LogP contribution in [0.2, 0.25) is 0 Å². The van der Waals surface area contributed by atoms with E-state index in [4.69, 9.17) is 4.74 Å². The molecule has 0 bridgehead atoms. The van der Waals surface area contributed by atoms with Gasteiger partial charge in [-0.1, -0.05) is 6.07 Å². The Hall–Kier alpha value is -3.02. The molecule has 24 heavy (non-hydrogen) atoms.